The average Bonchev–Trinajstić information content (AvgIpc) is 3.07. The maximum atomic E-state index is 4.31. The summed E-state index contributed by atoms with van der Waals surface area (Å²) in [7, 11) is 0. The standard InChI is InChI=1S/C42H32N2/c1-42(2,3)34-24-32-19-21-35-37(29-13-11-28(12-14-29)27-8-5-4-6-9-27)26-38(36-22-20-33(25-34)40(32)41(35)36)30-15-17-31(18-16-30)39-10-7-23-43-44-39/h4-26H,1-3H3. The molecule has 0 bridgehead atoms. The Kier molecular flexibility index (Phi) is 6.06. The summed E-state index contributed by atoms with van der Waals surface area (Å²) in [6.07, 6.45) is 1.71. The molecule has 8 aromatic rings. The van der Waals surface area contributed by atoms with Gasteiger partial charge in [0, 0.05) is 11.8 Å². The van der Waals surface area contributed by atoms with Gasteiger partial charge >= 0.3 is 0 Å². The Morgan fingerprint density at radius 1 is 0.455 bits per heavy atom. The van der Waals surface area contributed by atoms with Gasteiger partial charge in [-0.1, -0.05) is 136 Å². The molecule has 44 heavy (non-hydrogen) atoms. The lowest BCUT2D eigenvalue weighted by Gasteiger charge is -2.23. The smallest absolute Gasteiger partial charge is 0.0929 e. The molecule has 0 saturated heterocycles. The second kappa shape index (κ2) is 10.1. The minimum absolute atomic E-state index is 0.0755. The molecule has 0 spiro atoms. The van der Waals surface area contributed by atoms with E-state index < -0.39 is 0 Å². The fraction of sp³-hybridized carbons (Fsp3) is 0.0952. The van der Waals surface area contributed by atoms with Gasteiger partial charge in [-0.05, 0) is 94.9 Å². The predicted octanol–water partition coefficient (Wildman–Crippen LogP) is 11.3. The van der Waals surface area contributed by atoms with Crippen molar-refractivity contribution in [2.24, 2.45) is 0 Å². The monoisotopic (exact) mass is 564 g/mol. The SMILES string of the molecule is CC(C)(C)c1cc2ccc3c(-c4ccc(-c5ccccc5)cc4)cc(-c4ccc(-c5cccnn5)cc4)c4ccc(c1)c2c34. The lowest BCUT2D eigenvalue weighted by Crippen LogP contribution is -2.10. The van der Waals surface area contributed by atoms with Crippen molar-refractivity contribution in [3.8, 4) is 44.6 Å². The highest BCUT2D eigenvalue weighted by Gasteiger charge is 2.20. The van der Waals surface area contributed by atoms with Gasteiger partial charge in [0.25, 0.3) is 0 Å². The van der Waals surface area contributed by atoms with E-state index in [0.717, 1.165) is 11.3 Å². The van der Waals surface area contributed by atoms with Crippen LogP contribution < -0.4 is 0 Å². The van der Waals surface area contributed by atoms with Crippen molar-refractivity contribution in [2.75, 3.05) is 0 Å². The Morgan fingerprint density at radius 2 is 1.00 bits per heavy atom. The maximum absolute atomic E-state index is 4.31. The van der Waals surface area contributed by atoms with Crippen LogP contribution in [0.15, 0.2) is 140 Å². The summed E-state index contributed by atoms with van der Waals surface area (Å²) in [6.45, 7) is 6.87. The van der Waals surface area contributed by atoms with E-state index in [2.05, 4.69) is 152 Å². The third kappa shape index (κ3) is 4.42. The highest BCUT2D eigenvalue weighted by Crippen LogP contribution is 2.45. The van der Waals surface area contributed by atoms with Gasteiger partial charge in [-0.15, -0.1) is 0 Å². The number of hydrogen-bond acceptors (Lipinski definition) is 2. The summed E-state index contributed by atoms with van der Waals surface area (Å²) in [4.78, 5) is 0. The second-order valence-corrected chi connectivity index (χ2v) is 12.8. The normalized spacial score (nSPS) is 12.0. The van der Waals surface area contributed by atoms with Crippen LogP contribution in [0.1, 0.15) is 26.3 Å². The molecule has 0 radical (unpaired) electrons. The van der Waals surface area contributed by atoms with Crippen molar-refractivity contribution in [3.05, 3.63) is 145 Å². The first kappa shape index (κ1) is 26.3. The quantitative estimate of drug-likeness (QED) is 0.199. The molecule has 0 amide bonds. The van der Waals surface area contributed by atoms with E-state index in [4.69, 9.17) is 0 Å². The first-order valence-electron chi connectivity index (χ1n) is 15.2. The highest BCUT2D eigenvalue weighted by molar-refractivity contribution is 6.28. The van der Waals surface area contributed by atoms with Crippen LogP contribution >= 0.6 is 0 Å². The molecular weight excluding hydrogens is 532 g/mol. The summed E-state index contributed by atoms with van der Waals surface area (Å²) in [6, 6.07) is 48.7. The van der Waals surface area contributed by atoms with Gasteiger partial charge in [0.05, 0.1) is 5.69 Å². The van der Waals surface area contributed by atoms with Crippen LogP contribution in [0.3, 0.4) is 0 Å². The van der Waals surface area contributed by atoms with Crippen molar-refractivity contribution >= 4 is 32.3 Å². The van der Waals surface area contributed by atoms with E-state index in [-0.39, 0.29) is 5.41 Å². The summed E-state index contributed by atoms with van der Waals surface area (Å²) >= 11 is 0. The summed E-state index contributed by atoms with van der Waals surface area (Å²) in [5.41, 5.74) is 10.7. The largest absolute Gasteiger partial charge is 0.159 e. The van der Waals surface area contributed by atoms with Gasteiger partial charge in [-0.25, -0.2) is 0 Å². The van der Waals surface area contributed by atoms with Gasteiger partial charge in [0.15, 0.2) is 0 Å². The van der Waals surface area contributed by atoms with Crippen LogP contribution in [0.4, 0.5) is 0 Å². The average molecular weight is 565 g/mol. The van der Waals surface area contributed by atoms with Gasteiger partial charge in [0.1, 0.15) is 0 Å². The van der Waals surface area contributed by atoms with Crippen LogP contribution in [0.5, 0.6) is 0 Å². The molecule has 2 heteroatoms. The molecule has 0 atom stereocenters. The molecule has 0 aliphatic heterocycles. The van der Waals surface area contributed by atoms with Gasteiger partial charge in [-0.3, -0.25) is 0 Å². The van der Waals surface area contributed by atoms with Crippen LogP contribution in [0.2, 0.25) is 0 Å². The van der Waals surface area contributed by atoms with Gasteiger partial charge in [0.2, 0.25) is 0 Å². The van der Waals surface area contributed by atoms with Crippen LogP contribution in [0, 0.1) is 0 Å². The molecule has 0 N–H and O–H groups in total. The molecule has 0 unspecified atom stereocenters. The fourth-order valence-corrected chi connectivity index (χ4v) is 6.57. The first-order valence-corrected chi connectivity index (χ1v) is 15.2. The zero-order valence-corrected chi connectivity index (χ0v) is 25.2. The lowest BCUT2D eigenvalue weighted by molar-refractivity contribution is 0.591. The molecule has 8 rings (SSSR count). The van der Waals surface area contributed by atoms with E-state index in [9.17, 15) is 0 Å². The Labute approximate surface area is 258 Å². The van der Waals surface area contributed by atoms with Crippen molar-refractivity contribution in [1.29, 1.82) is 0 Å². The number of benzene rings is 7. The lowest BCUT2D eigenvalue weighted by atomic mass is 9.81. The van der Waals surface area contributed by atoms with Crippen molar-refractivity contribution < 1.29 is 0 Å². The van der Waals surface area contributed by atoms with E-state index in [1.807, 2.05) is 12.1 Å². The molecule has 0 aliphatic carbocycles. The van der Waals surface area contributed by atoms with E-state index >= 15 is 0 Å². The maximum Gasteiger partial charge on any atom is 0.0929 e. The predicted molar refractivity (Wildman–Crippen MR) is 186 cm³/mol. The van der Waals surface area contributed by atoms with Crippen molar-refractivity contribution in [2.45, 2.75) is 26.2 Å². The minimum Gasteiger partial charge on any atom is -0.159 e. The van der Waals surface area contributed by atoms with Crippen LogP contribution in [0.25, 0.3) is 77.0 Å². The molecule has 0 fully saturated rings. The number of hydrogen-bond donors (Lipinski definition) is 0. The summed E-state index contributed by atoms with van der Waals surface area (Å²) in [5.74, 6) is 0. The van der Waals surface area contributed by atoms with E-state index in [0.29, 0.717) is 0 Å². The fourth-order valence-electron chi connectivity index (χ4n) is 6.57. The molecule has 1 aromatic heterocycles. The van der Waals surface area contributed by atoms with Crippen LogP contribution in [-0.4, -0.2) is 10.2 Å². The Balaban J connectivity index is 1.37. The van der Waals surface area contributed by atoms with E-state index in [1.165, 1.54) is 71.3 Å². The molecule has 2 nitrogen and oxygen atoms in total. The summed E-state index contributed by atoms with van der Waals surface area (Å²) in [5, 5.41) is 16.2. The second-order valence-electron chi connectivity index (χ2n) is 12.8. The Morgan fingerprint density at radius 3 is 1.55 bits per heavy atom. The number of aromatic nitrogens is 2. The minimum atomic E-state index is 0.0755. The van der Waals surface area contributed by atoms with Gasteiger partial charge < -0.3 is 0 Å². The third-order valence-corrected chi connectivity index (χ3v) is 8.95. The summed E-state index contributed by atoms with van der Waals surface area (Å²) < 4.78 is 0. The van der Waals surface area contributed by atoms with Gasteiger partial charge in [-0.2, -0.15) is 10.2 Å². The molecule has 0 aliphatic rings. The first-order chi connectivity index (χ1) is 21.4. The molecule has 1 heterocycles. The topological polar surface area (TPSA) is 25.8 Å². The Bertz CT molecular complexity index is 2110. The third-order valence-electron chi connectivity index (χ3n) is 8.95. The molecular formula is C42H32N2. The number of nitrogens with zero attached hydrogens (tertiary/aromatic N) is 2. The van der Waals surface area contributed by atoms with Crippen LogP contribution in [-0.2, 0) is 5.41 Å². The zero-order chi connectivity index (χ0) is 29.8. The van der Waals surface area contributed by atoms with Crippen molar-refractivity contribution in [1.82, 2.24) is 10.2 Å². The Hall–Kier alpha value is -5.34. The van der Waals surface area contributed by atoms with E-state index in [1.54, 1.807) is 6.20 Å². The number of rotatable bonds is 4. The van der Waals surface area contributed by atoms with Crippen molar-refractivity contribution in [3.63, 3.8) is 0 Å². The highest BCUT2D eigenvalue weighted by atomic mass is 15.1. The molecule has 7 aromatic carbocycles. The molecule has 210 valence electrons. The zero-order valence-electron chi connectivity index (χ0n) is 25.2. The molecule has 0 saturated carbocycles.